The fourth-order valence-electron chi connectivity index (χ4n) is 4.13. The van der Waals surface area contributed by atoms with Gasteiger partial charge < -0.3 is 9.47 Å². The van der Waals surface area contributed by atoms with Gasteiger partial charge in [0.2, 0.25) is 0 Å². The summed E-state index contributed by atoms with van der Waals surface area (Å²) >= 11 is 0. The minimum Gasteiger partial charge on any atom is -0.337 e. The van der Waals surface area contributed by atoms with Gasteiger partial charge in [0, 0.05) is 32.3 Å². The van der Waals surface area contributed by atoms with Crippen molar-refractivity contribution in [3.05, 3.63) is 58.0 Å². The van der Waals surface area contributed by atoms with Crippen LogP contribution in [0, 0.1) is 20.8 Å². The van der Waals surface area contributed by atoms with E-state index in [9.17, 15) is 4.79 Å². The van der Waals surface area contributed by atoms with Gasteiger partial charge >= 0.3 is 0 Å². The third-order valence-electron chi connectivity index (χ3n) is 5.68. The lowest BCUT2D eigenvalue weighted by Gasteiger charge is -2.19. The summed E-state index contributed by atoms with van der Waals surface area (Å²) in [4.78, 5) is 24.7. The lowest BCUT2D eigenvalue weighted by molar-refractivity contribution is 0.0786. The van der Waals surface area contributed by atoms with Crippen molar-refractivity contribution in [3.63, 3.8) is 0 Å². The second-order valence-electron chi connectivity index (χ2n) is 8.06. The van der Waals surface area contributed by atoms with Crippen LogP contribution in [-0.2, 0) is 19.5 Å². The van der Waals surface area contributed by atoms with Crippen LogP contribution < -0.4 is 0 Å². The van der Waals surface area contributed by atoms with E-state index >= 15 is 0 Å². The van der Waals surface area contributed by atoms with Gasteiger partial charge in [-0.2, -0.15) is 0 Å². The summed E-state index contributed by atoms with van der Waals surface area (Å²) < 4.78 is 2.22. The number of carbonyl (C=O) groups is 1. The summed E-state index contributed by atoms with van der Waals surface area (Å²) in [5, 5.41) is 0. The number of amides is 1. The van der Waals surface area contributed by atoms with Crippen molar-refractivity contribution in [2.75, 3.05) is 7.05 Å². The van der Waals surface area contributed by atoms with E-state index in [4.69, 9.17) is 9.97 Å². The molecule has 28 heavy (non-hydrogen) atoms. The Kier molecular flexibility index (Phi) is 4.92. The molecule has 0 bridgehead atoms. The monoisotopic (exact) mass is 376 g/mol. The molecule has 0 spiro atoms. The molecular weight excluding hydrogens is 348 g/mol. The van der Waals surface area contributed by atoms with Crippen LogP contribution in [-0.4, -0.2) is 32.4 Å². The van der Waals surface area contributed by atoms with Gasteiger partial charge in [0.1, 0.15) is 11.3 Å². The SMILES string of the molecule is Cc1ccc(CN(C)C(=O)c2cc(C)nc3c2nc2n3CCCCC2)c(C)c1. The second-order valence-corrected chi connectivity index (χ2v) is 8.06. The molecule has 1 aliphatic heterocycles. The summed E-state index contributed by atoms with van der Waals surface area (Å²) in [6, 6.07) is 8.26. The molecule has 0 atom stereocenters. The Hall–Kier alpha value is -2.69. The van der Waals surface area contributed by atoms with Gasteiger partial charge in [0.25, 0.3) is 5.91 Å². The normalized spacial score (nSPS) is 14.0. The Bertz CT molecular complexity index is 1050. The predicted molar refractivity (Wildman–Crippen MR) is 112 cm³/mol. The minimum atomic E-state index is 0.00346. The maximum absolute atomic E-state index is 13.3. The Balaban J connectivity index is 1.70. The first-order valence-corrected chi connectivity index (χ1v) is 10.1. The molecule has 0 fully saturated rings. The fraction of sp³-hybridized carbons (Fsp3) is 0.435. The standard InChI is InChI=1S/C23H28N4O/c1-15-9-10-18(16(2)12-15)14-26(4)23(28)19-13-17(3)24-22-21(19)25-20-8-6-5-7-11-27(20)22/h9-10,12-13H,5-8,11,14H2,1-4H3. The molecule has 3 heterocycles. The maximum Gasteiger partial charge on any atom is 0.256 e. The molecule has 0 N–H and O–H groups in total. The van der Waals surface area contributed by atoms with Crippen LogP contribution in [0.2, 0.25) is 0 Å². The third-order valence-corrected chi connectivity index (χ3v) is 5.68. The lowest BCUT2D eigenvalue weighted by atomic mass is 10.0. The fourth-order valence-corrected chi connectivity index (χ4v) is 4.13. The highest BCUT2D eigenvalue weighted by molar-refractivity contribution is 6.04. The van der Waals surface area contributed by atoms with Crippen LogP contribution in [0.5, 0.6) is 0 Å². The molecule has 0 radical (unpaired) electrons. The van der Waals surface area contributed by atoms with Gasteiger partial charge in [-0.25, -0.2) is 9.97 Å². The summed E-state index contributed by atoms with van der Waals surface area (Å²) in [6.45, 7) is 7.67. The van der Waals surface area contributed by atoms with E-state index in [2.05, 4.69) is 36.6 Å². The predicted octanol–water partition coefficient (Wildman–Crippen LogP) is 4.36. The molecule has 2 aromatic heterocycles. The zero-order valence-electron chi connectivity index (χ0n) is 17.2. The number of rotatable bonds is 3. The Morgan fingerprint density at radius 2 is 1.93 bits per heavy atom. The highest BCUT2D eigenvalue weighted by atomic mass is 16.2. The van der Waals surface area contributed by atoms with Crippen LogP contribution in [0.1, 0.15) is 57.8 Å². The van der Waals surface area contributed by atoms with Gasteiger partial charge in [-0.1, -0.05) is 30.2 Å². The molecule has 4 rings (SSSR count). The first-order valence-electron chi connectivity index (χ1n) is 10.1. The van der Waals surface area contributed by atoms with Crippen molar-refractivity contribution < 1.29 is 4.79 Å². The molecule has 1 aliphatic rings. The van der Waals surface area contributed by atoms with Gasteiger partial charge in [0.15, 0.2) is 5.65 Å². The Morgan fingerprint density at radius 3 is 2.71 bits per heavy atom. The van der Waals surface area contributed by atoms with E-state index in [-0.39, 0.29) is 5.91 Å². The number of hydrogen-bond acceptors (Lipinski definition) is 3. The average Bonchev–Trinajstić information content (AvgIpc) is 2.84. The van der Waals surface area contributed by atoms with E-state index < -0.39 is 0 Å². The van der Waals surface area contributed by atoms with Crippen LogP contribution in [0.3, 0.4) is 0 Å². The molecule has 3 aromatic rings. The zero-order valence-corrected chi connectivity index (χ0v) is 17.2. The van der Waals surface area contributed by atoms with E-state index in [0.29, 0.717) is 12.1 Å². The molecule has 0 saturated heterocycles. The first-order chi connectivity index (χ1) is 13.4. The summed E-state index contributed by atoms with van der Waals surface area (Å²) in [6.07, 6.45) is 4.48. The molecule has 5 heteroatoms. The molecule has 0 unspecified atom stereocenters. The van der Waals surface area contributed by atoms with E-state index in [1.807, 2.05) is 20.0 Å². The smallest absolute Gasteiger partial charge is 0.256 e. The molecule has 5 nitrogen and oxygen atoms in total. The highest BCUT2D eigenvalue weighted by Gasteiger charge is 2.23. The van der Waals surface area contributed by atoms with E-state index in [1.54, 1.807) is 4.90 Å². The van der Waals surface area contributed by atoms with Crippen molar-refractivity contribution in [2.45, 2.75) is 59.5 Å². The topological polar surface area (TPSA) is 51.0 Å². The van der Waals surface area contributed by atoms with Crippen LogP contribution in [0.25, 0.3) is 11.2 Å². The van der Waals surface area contributed by atoms with Crippen LogP contribution in [0.4, 0.5) is 0 Å². The molecule has 1 amide bonds. The van der Waals surface area contributed by atoms with E-state index in [0.717, 1.165) is 48.5 Å². The van der Waals surface area contributed by atoms with Crippen molar-refractivity contribution in [1.29, 1.82) is 0 Å². The third kappa shape index (κ3) is 3.41. The number of pyridine rings is 1. The number of aryl methyl sites for hydroxylation is 5. The molecular formula is C23H28N4O. The molecule has 0 saturated carbocycles. The van der Waals surface area contributed by atoms with Gasteiger partial charge in [-0.3, -0.25) is 4.79 Å². The summed E-state index contributed by atoms with van der Waals surface area (Å²) in [5.41, 5.74) is 6.76. The number of imidazole rings is 1. The zero-order chi connectivity index (χ0) is 19.8. The maximum atomic E-state index is 13.3. The Morgan fingerprint density at radius 1 is 1.11 bits per heavy atom. The highest BCUT2D eigenvalue weighted by Crippen LogP contribution is 2.25. The number of benzene rings is 1. The van der Waals surface area contributed by atoms with Crippen molar-refractivity contribution >= 4 is 17.1 Å². The molecule has 146 valence electrons. The summed E-state index contributed by atoms with van der Waals surface area (Å²) in [5.74, 6) is 1.07. The molecule has 1 aromatic carbocycles. The van der Waals surface area contributed by atoms with Crippen molar-refractivity contribution in [3.8, 4) is 0 Å². The number of aromatic nitrogens is 3. The summed E-state index contributed by atoms with van der Waals surface area (Å²) in [7, 11) is 1.87. The number of nitrogens with zero attached hydrogens (tertiary/aromatic N) is 4. The average molecular weight is 377 g/mol. The lowest BCUT2D eigenvalue weighted by Crippen LogP contribution is -2.27. The van der Waals surface area contributed by atoms with Crippen LogP contribution >= 0.6 is 0 Å². The van der Waals surface area contributed by atoms with Gasteiger partial charge in [0.05, 0.1) is 5.56 Å². The second kappa shape index (κ2) is 7.38. The number of fused-ring (bicyclic) bond motifs is 3. The number of carbonyl (C=O) groups excluding carboxylic acids is 1. The van der Waals surface area contributed by atoms with Crippen LogP contribution in [0.15, 0.2) is 24.3 Å². The van der Waals surface area contributed by atoms with Gasteiger partial charge in [-0.05, 0) is 50.8 Å². The largest absolute Gasteiger partial charge is 0.337 e. The van der Waals surface area contributed by atoms with Crippen molar-refractivity contribution in [1.82, 2.24) is 19.4 Å². The van der Waals surface area contributed by atoms with Gasteiger partial charge in [-0.15, -0.1) is 0 Å². The molecule has 0 aliphatic carbocycles. The number of hydrogen-bond donors (Lipinski definition) is 0. The minimum absolute atomic E-state index is 0.00346. The van der Waals surface area contributed by atoms with E-state index in [1.165, 1.54) is 23.1 Å². The Labute approximate surface area is 166 Å². The first kappa shape index (κ1) is 18.7. The quantitative estimate of drug-likeness (QED) is 0.683. The van der Waals surface area contributed by atoms with Crippen molar-refractivity contribution in [2.24, 2.45) is 0 Å².